The number of aromatic nitrogens is 3. The Bertz CT molecular complexity index is 1940. The maximum atomic E-state index is 16.8. The van der Waals surface area contributed by atoms with Gasteiger partial charge in [0.2, 0.25) is 11.8 Å². The van der Waals surface area contributed by atoms with Gasteiger partial charge in [0.05, 0.1) is 10.9 Å². The summed E-state index contributed by atoms with van der Waals surface area (Å²) in [5.74, 6) is -2.26. The van der Waals surface area contributed by atoms with Gasteiger partial charge in [-0.05, 0) is 66.8 Å². The van der Waals surface area contributed by atoms with Crippen LogP contribution in [0.3, 0.4) is 0 Å². The molecule has 2 fully saturated rings. The number of anilines is 1. The van der Waals surface area contributed by atoms with E-state index in [0.29, 0.717) is 54.5 Å². The highest BCUT2D eigenvalue weighted by Crippen LogP contribution is 2.41. The van der Waals surface area contributed by atoms with Crippen LogP contribution in [0.1, 0.15) is 52.0 Å². The van der Waals surface area contributed by atoms with Crippen molar-refractivity contribution in [2.75, 3.05) is 45.2 Å². The lowest BCUT2D eigenvalue weighted by Gasteiger charge is -2.31. The average Bonchev–Trinajstić information content (AvgIpc) is 3.60. The average molecular weight is 679 g/mol. The van der Waals surface area contributed by atoms with Crippen molar-refractivity contribution < 1.29 is 32.6 Å². The molecular formula is C36H41F3N6O4. The van der Waals surface area contributed by atoms with Crippen LogP contribution in [-0.4, -0.2) is 93.7 Å². The summed E-state index contributed by atoms with van der Waals surface area (Å²) >= 11 is 0. The predicted octanol–water partition coefficient (Wildman–Crippen LogP) is 5.81. The molecule has 2 aliphatic heterocycles. The molecule has 49 heavy (non-hydrogen) atoms. The third kappa shape index (κ3) is 6.36. The zero-order valence-electron chi connectivity index (χ0n) is 28.4. The highest BCUT2D eigenvalue weighted by Gasteiger charge is 2.49. The Morgan fingerprint density at radius 3 is 2.71 bits per heavy atom. The Balaban J connectivity index is 1.43. The minimum Gasteiger partial charge on any atom is -0.508 e. The Hall–Kier alpha value is -4.52. The van der Waals surface area contributed by atoms with Crippen LogP contribution in [0.5, 0.6) is 11.8 Å². The van der Waals surface area contributed by atoms with E-state index in [2.05, 4.69) is 19.9 Å². The van der Waals surface area contributed by atoms with Crippen LogP contribution in [0.2, 0.25) is 0 Å². The number of fused-ring (bicyclic) bond motifs is 3. The number of benzene rings is 2. The Labute approximate surface area is 282 Å². The smallest absolute Gasteiger partial charge is 0.319 e. The summed E-state index contributed by atoms with van der Waals surface area (Å²) in [5, 5.41) is 11.8. The van der Waals surface area contributed by atoms with Crippen molar-refractivity contribution in [3.05, 3.63) is 47.7 Å². The SMILES string of the molecule is CCc1c(F)ccc2cc(O)cc(-c3ncc4c(N(C)CCC(C)C(=O)N(C)C(C)=O)nc(OC[C@@]56CCCN5C[C@H](F)C6)nc4c3F)c12. The number of imide groups is 1. The van der Waals surface area contributed by atoms with Crippen molar-refractivity contribution in [1.29, 1.82) is 0 Å². The van der Waals surface area contributed by atoms with Gasteiger partial charge < -0.3 is 14.7 Å². The summed E-state index contributed by atoms with van der Waals surface area (Å²) in [6.45, 7) is 6.40. The molecule has 2 aliphatic rings. The summed E-state index contributed by atoms with van der Waals surface area (Å²) in [6, 6.07) is 5.61. The standard InChI is InChI=1S/C36H41F3N6O4/c1-6-25-28(38)9-8-22-14-24(47)15-26(29(22)25)31-30(39)32-27(17-40-31)33(43(4)13-10-20(2)34(48)44(5)21(3)46)42-35(41-32)49-19-36-11-7-12-45(36)18-23(37)16-36/h8-9,14-15,17,20,23,47H,6-7,10-13,16,18-19H2,1-5H3/t20?,23-,36+/m1/s1. The van der Waals surface area contributed by atoms with Crippen LogP contribution in [0.15, 0.2) is 30.5 Å². The van der Waals surface area contributed by atoms with Crippen molar-refractivity contribution in [1.82, 2.24) is 24.8 Å². The van der Waals surface area contributed by atoms with Gasteiger partial charge in [0.25, 0.3) is 0 Å². The number of halogens is 3. The topological polar surface area (TPSA) is 112 Å². The Morgan fingerprint density at radius 1 is 1.20 bits per heavy atom. The van der Waals surface area contributed by atoms with Crippen LogP contribution < -0.4 is 9.64 Å². The second-order valence-corrected chi connectivity index (χ2v) is 13.4. The van der Waals surface area contributed by atoms with E-state index in [0.717, 1.165) is 24.3 Å². The van der Waals surface area contributed by atoms with Crippen LogP contribution in [0.4, 0.5) is 19.0 Å². The van der Waals surface area contributed by atoms with Crippen LogP contribution in [-0.2, 0) is 16.0 Å². The Morgan fingerprint density at radius 2 is 1.98 bits per heavy atom. The minimum absolute atomic E-state index is 0.0983. The van der Waals surface area contributed by atoms with Crippen molar-refractivity contribution in [3.63, 3.8) is 0 Å². The lowest BCUT2D eigenvalue weighted by Crippen LogP contribution is -2.43. The number of hydrogen-bond acceptors (Lipinski definition) is 9. The monoisotopic (exact) mass is 678 g/mol. The van der Waals surface area contributed by atoms with E-state index in [4.69, 9.17) is 4.74 Å². The number of amides is 2. The number of carbonyl (C=O) groups excluding carboxylic acids is 2. The number of carbonyl (C=O) groups is 2. The number of aromatic hydroxyl groups is 1. The molecule has 0 saturated carbocycles. The van der Waals surface area contributed by atoms with Gasteiger partial charge in [-0.15, -0.1) is 0 Å². The maximum Gasteiger partial charge on any atom is 0.319 e. The fourth-order valence-corrected chi connectivity index (χ4v) is 7.35. The number of nitrogens with zero attached hydrogens (tertiary/aromatic N) is 6. The molecule has 1 N–H and O–H groups in total. The first-order valence-corrected chi connectivity index (χ1v) is 16.7. The lowest BCUT2D eigenvalue weighted by molar-refractivity contribution is -0.144. The van der Waals surface area contributed by atoms with Crippen molar-refractivity contribution in [3.8, 4) is 23.0 Å². The lowest BCUT2D eigenvalue weighted by atomic mass is 9.94. The van der Waals surface area contributed by atoms with Crippen LogP contribution in [0, 0.1) is 17.6 Å². The zero-order valence-corrected chi connectivity index (χ0v) is 28.4. The molecule has 0 bridgehead atoms. The molecule has 1 unspecified atom stereocenters. The third-order valence-corrected chi connectivity index (χ3v) is 10.1. The number of aryl methyl sites for hydroxylation is 1. The van der Waals surface area contributed by atoms with Crippen LogP contribution in [0.25, 0.3) is 32.9 Å². The van der Waals surface area contributed by atoms with Gasteiger partial charge >= 0.3 is 6.01 Å². The molecule has 3 atom stereocenters. The summed E-state index contributed by atoms with van der Waals surface area (Å²) in [5.41, 5.74) is -0.146. The number of hydrogen-bond donors (Lipinski definition) is 1. The van der Waals surface area contributed by atoms with Gasteiger partial charge in [-0.1, -0.05) is 19.9 Å². The second-order valence-electron chi connectivity index (χ2n) is 13.4. The van der Waals surface area contributed by atoms with E-state index >= 15 is 4.39 Å². The zero-order chi connectivity index (χ0) is 35.2. The van der Waals surface area contributed by atoms with Gasteiger partial charge in [0, 0.05) is 58.2 Å². The van der Waals surface area contributed by atoms with Crippen LogP contribution >= 0.6 is 0 Å². The first-order valence-electron chi connectivity index (χ1n) is 16.7. The molecule has 2 saturated heterocycles. The van der Waals surface area contributed by atoms with Gasteiger partial charge in [0.1, 0.15) is 41.4 Å². The molecule has 2 aromatic heterocycles. The quantitative estimate of drug-likeness (QED) is 0.222. The molecule has 4 heterocycles. The molecule has 13 heteroatoms. The van der Waals surface area contributed by atoms with Gasteiger partial charge in [0.15, 0.2) is 5.82 Å². The van der Waals surface area contributed by atoms with E-state index < -0.39 is 29.3 Å². The van der Waals surface area contributed by atoms with Crippen molar-refractivity contribution in [2.24, 2.45) is 5.92 Å². The molecule has 0 spiro atoms. The summed E-state index contributed by atoms with van der Waals surface area (Å²) in [4.78, 5) is 43.0. The van der Waals surface area contributed by atoms with Crippen molar-refractivity contribution in [2.45, 2.75) is 64.6 Å². The van der Waals surface area contributed by atoms with Gasteiger partial charge in [-0.3, -0.25) is 24.4 Å². The fraction of sp³-hybridized carbons (Fsp3) is 0.472. The fourth-order valence-electron chi connectivity index (χ4n) is 7.35. The van der Waals surface area contributed by atoms with Gasteiger partial charge in [-0.25, -0.2) is 13.2 Å². The molecular weight excluding hydrogens is 637 g/mol. The van der Waals surface area contributed by atoms with E-state index in [1.165, 1.54) is 44.4 Å². The van der Waals surface area contributed by atoms with E-state index in [-0.39, 0.29) is 52.3 Å². The third-order valence-electron chi connectivity index (χ3n) is 10.1. The largest absolute Gasteiger partial charge is 0.508 e. The predicted molar refractivity (Wildman–Crippen MR) is 180 cm³/mol. The molecule has 10 nitrogen and oxygen atoms in total. The number of phenols is 1. The Kier molecular flexibility index (Phi) is 9.40. The highest BCUT2D eigenvalue weighted by molar-refractivity contribution is 6.02. The molecule has 6 rings (SSSR count). The first-order chi connectivity index (χ1) is 23.3. The summed E-state index contributed by atoms with van der Waals surface area (Å²) in [7, 11) is 3.18. The molecule has 2 amide bonds. The summed E-state index contributed by atoms with van der Waals surface area (Å²) < 4.78 is 52.5. The number of ether oxygens (including phenoxy) is 1. The molecule has 2 aromatic carbocycles. The van der Waals surface area contributed by atoms with Gasteiger partial charge in [-0.2, -0.15) is 9.97 Å². The highest BCUT2D eigenvalue weighted by atomic mass is 19.1. The molecule has 260 valence electrons. The summed E-state index contributed by atoms with van der Waals surface area (Å²) in [6.07, 6.45) is 3.17. The normalized spacial score (nSPS) is 19.7. The number of phenolic OH excluding ortho intramolecular Hbond substituents is 1. The number of alkyl halides is 1. The van der Waals surface area contributed by atoms with E-state index in [1.807, 2.05) is 0 Å². The molecule has 0 radical (unpaired) electrons. The van der Waals surface area contributed by atoms with E-state index in [1.54, 1.807) is 25.8 Å². The number of rotatable bonds is 10. The molecule has 4 aromatic rings. The molecule has 0 aliphatic carbocycles. The van der Waals surface area contributed by atoms with Crippen molar-refractivity contribution >= 4 is 39.3 Å². The minimum atomic E-state index is -0.962. The first kappa shape index (κ1) is 34.3. The van der Waals surface area contributed by atoms with E-state index in [9.17, 15) is 23.5 Å². The number of pyridine rings is 1. The second kappa shape index (κ2) is 13.4. The maximum absolute atomic E-state index is 16.8.